The van der Waals surface area contributed by atoms with Gasteiger partial charge >= 0.3 is 0 Å². The summed E-state index contributed by atoms with van der Waals surface area (Å²) >= 11 is 0. The first-order chi connectivity index (χ1) is 7.48. The Balaban J connectivity index is 0.00000144. The van der Waals surface area contributed by atoms with Crippen LogP contribution in [0.1, 0.15) is 31.4 Å². The smallest absolute Gasteiger partial charge is 0.101 e. The number of halogens is 1. The maximum absolute atomic E-state index is 4.56. The molecule has 17 heavy (non-hydrogen) atoms. The molecule has 0 bridgehead atoms. The van der Waals surface area contributed by atoms with Gasteiger partial charge in [0, 0.05) is 18.7 Å². The van der Waals surface area contributed by atoms with E-state index in [-0.39, 0.29) is 12.4 Å². The molecule has 0 atom stereocenters. The van der Waals surface area contributed by atoms with Gasteiger partial charge in [-0.3, -0.25) is 4.99 Å². The summed E-state index contributed by atoms with van der Waals surface area (Å²) in [6.07, 6.45) is 1.04. The van der Waals surface area contributed by atoms with Crippen molar-refractivity contribution >= 4 is 23.9 Å². The van der Waals surface area contributed by atoms with Crippen LogP contribution in [-0.4, -0.2) is 12.4 Å². The van der Waals surface area contributed by atoms with Crippen molar-refractivity contribution in [3.63, 3.8) is 0 Å². The van der Waals surface area contributed by atoms with Crippen molar-refractivity contribution in [1.29, 1.82) is 0 Å². The fraction of sp³-hybridized carbons (Fsp3) is 0.500. The molecule has 3 heteroatoms. The van der Waals surface area contributed by atoms with Gasteiger partial charge in [0.1, 0.15) is 5.84 Å². The van der Waals surface area contributed by atoms with Crippen LogP contribution in [0.4, 0.5) is 5.69 Å². The van der Waals surface area contributed by atoms with E-state index in [0.717, 1.165) is 18.8 Å². The molecule has 1 aromatic carbocycles. The van der Waals surface area contributed by atoms with Crippen LogP contribution in [0.25, 0.3) is 0 Å². The van der Waals surface area contributed by atoms with Crippen LogP contribution in [0.5, 0.6) is 0 Å². The van der Waals surface area contributed by atoms with Crippen LogP contribution in [0.2, 0.25) is 0 Å². The summed E-state index contributed by atoms with van der Waals surface area (Å²) in [7, 11) is 0. The van der Waals surface area contributed by atoms with E-state index < -0.39 is 0 Å². The second-order valence-electron chi connectivity index (χ2n) is 5.48. The molecule has 94 valence electrons. The highest BCUT2D eigenvalue weighted by Crippen LogP contribution is 2.28. The molecule has 0 saturated heterocycles. The number of amidine groups is 1. The van der Waals surface area contributed by atoms with Gasteiger partial charge in [0.25, 0.3) is 0 Å². The Bertz CT molecular complexity index is 436. The number of hydrogen-bond donors (Lipinski definition) is 1. The third-order valence-electron chi connectivity index (χ3n) is 3.23. The molecule has 0 aromatic heterocycles. The third kappa shape index (κ3) is 3.22. The molecule has 0 radical (unpaired) electrons. The highest BCUT2D eigenvalue weighted by molar-refractivity contribution is 5.97. The Labute approximate surface area is 110 Å². The first kappa shape index (κ1) is 14.0. The zero-order valence-corrected chi connectivity index (χ0v) is 11.8. The van der Waals surface area contributed by atoms with E-state index in [1.807, 2.05) is 0 Å². The molecule has 0 amide bonds. The van der Waals surface area contributed by atoms with Crippen LogP contribution in [-0.2, 0) is 0 Å². The molecule has 1 aromatic rings. The van der Waals surface area contributed by atoms with Crippen molar-refractivity contribution in [3.8, 4) is 0 Å². The van der Waals surface area contributed by atoms with Gasteiger partial charge in [0.15, 0.2) is 0 Å². The second-order valence-corrected chi connectivity index (χ2v) is 5.48. The van der Waals surface area contributed by atoms with E-state index in [2.05, 4.69) is 56.2 Å². The Hall–Kier alpha value is -1.02. The lowest BCUT2D eigenvalue weighted by atomic mass is 9.92. The van der Waals surface area contributed by atoms with Gasteiger partial charge in [0.05, 0.1) is 0 Å². The van der Waals surface area contributed by atoms with E-state index in [1.165, 1.54) is 16.8 Å². The Morgan fingerprint density at radius 2 is 1.94 bits per heavy atom. The standard InChI is InChI=1S/C14H20N2.ClH/c1-10-6-5-7-12(11(10)2)16-13-8-14(3,4)9-15-13;/h5-7H,8-9H2,1-4H3,(H,15,16);1H. The Morgan fingerprint density at radius 3 is 2.53 bits per heavy atom. The van der Waals surface area contributed by atoms with Gasteiger partial charge in [-0.1, -0.05) is 26.0 Å². The predicted octanol–water partition coefficient (Wildman–Crippen LogP) is 3.97. The number of nitrogens with one attached hydrogen (secondary N) is 1. The van der Waals surface area contributed by atoms with Crippen molar-refractivity contribution in [2.45, 2.75) is 34.1 Å². The lowest BCUT2D eigenvalue weighted by molar-refractivity contribution is 0.423. The maximum atomic E-state index is 4.56. The average Bonchev–Trinajstić information content (AvgIpc) is 2.53. The fourth-order valence-corrected chi connectivity index (χ4v) is 2.00. The van der Waals surface area contributed by atoms with Crippen LogP contribution in [0.15, 0.2) is 23.2 Å². The lowest BCUT2D eigenvalue weighted by Crippen LogP contribution is -2.16. The van der Waals surface area contributed by atoms with Crippen molar-refractivity contribution in [3.05, 3.63) is 29.3 Å². The van der Waals surface area contributed by atoms with Crippen molar-refractivity contribution in [1.82, 2.24) is 0 Å². The summed E-state index contributed by atoms with van der Waals surface area (Å²) in [6, 6.07) is 6.35. The number of rotatable bonds is 1. The highest BCUT2D eigenvalue weighted by atomic mass is 35.5. The number of nitrogens with zero attached hydrogens (tertiary/aromatic N) is 1. The lowest BCUT2D eigenvalue weighted by Gasteiger charge is -2.16. The molecule has 1 N–H and O–H groups in total. The van der Waals surface area contributed by atoms with E-state index in [9.17, 15) is 0 Å². The van der Waals surface area contributed by atoms with Crippen molar-refractivity contribution < 1.29 is 0 Å². The van der Waals surface area contributed by atoms with E-state index >= 15 is 0 Å². The fourth-order valence-electron chi connectivity index (χ4n) is 2.00. The van der Waals surface area contributed by atoms with Crippen molar-refractivity contribution in [2.24, 2.45) is 10.4 Å². The van der Waals surface area contributed by atoms with Gasteiger partial charge in [-0.05, 0) is 36.5 Å². The Morgan fingerprint density at radius 1 is 1.24 bits per heavy atom. The third-order valence-corrected chi connectivity index (χ3v) is 3.23. The molecule has 0 spiro atoms. The van der Waals surface area contributed by atoms with Crippen LogP contribution in [0, 0.1) is 19.3 Å². The highest BCUT2D eigenvalue weighted by Gasteiger charge is 2.26. The van der Waals surface area contributed by atoms with E-state index in [0.29, 0.717) is 5.41 Å². The van der Waals surface area contributed by atoms with Crippen LogP contribution >= 0.6 is 12.4 Å². The minimum atomic E-state index is 0. The maximum Gasteiger partial charge on any atom is 0.101 e. The molecule has 0 unspecified atom stereocenters. The largest absolute Gasteiger partial charge is 0.344 e. The van der Waals surface area contributed by atoms with Gasteiger partial charge in [-0.2, -0.15) is 0 Å². The van der Waals surface area contributed by atoms with E-state index in [1.54, 1.807) is 0 Å². The molecule has 1 aliphatic rings. The van der Waals surface area contributed by atoms with Gasteiger partial charge in [0.2, 0.25) is 0 Å². The zero-order valence-electron chi connectivity index (χ0n) is 11.0. The quantitative estimate of drug-likeness (QED) is 0.804. The number of aryl methyl sites for hydroxylation is 1. The number of hydrogen-bond acceptors (Lipinski definition) is 2. The SMILES string of the molecule is Cc1cccc(NC2=NCC(C)(C)C2)c1C.Cl. The second kappa shape index (κ2) is 5.09. The topological polar surface area (TPSA) is 24.4 Å². The van der Waals surface area contributed by atoms with Gasteiger partial charge in [-0.25, -0.2) is 0 Å². The molecule has 0 aliphatic carbocycles. The molecule has 1 aliphatic heterocycles. The molecule has 0 fully saturated rings. The van der Waals surface area contributed by atoms with Gasteiger partial charge in [-0.15, -0.1) is 12.4 Å². The molecular weight excluding hydrogens is 232 g/mol. The normalized spacial score (nSPS) is 17.3. The minimum Gasteiger partial charge on any atom is -0.344 e. The molecule has 2 nitrogen and oxygen atoms in total. The summed E-state index contributed by atoms with van der Waals surface area (Å²) in [4.78, 5) is 4.56. The number of benzene rings is 1. The molecule has 2 rings (SSSR count). The number of anilines is 1. The summed E-state index contributed by atoms with van der Waals surface area (Å²) < 4.78 is 0. The first-order valence-electron chi connectivity index (χ1n) is 5.84. The molecule has 0 saturated carbocycles. The summed E-state index contributed by atoms with van der Waals surface area (Å²) in [5.74, 6) is 1.12. The minimum absolute atomic E-state index is 0. The molecule has 1 heterocycles. The first-order valence-corrected chi connectivity index (χ1v) is 5.84. The monoisotopic (exact) mass is 252 g/mol. The van der Waals surface area contributed by atoms with Crippen molar-refractivity contribution in [2.75, 3.05) is 11.9 Å². The van der Waals surface area contributed by atoms with E-state index in [4.69, 9.17) is 0 Å². The number of aliphatic imine (C=N–C) groups is 1. The predicted molar refractivity (Wildman–Crippen MR) is 77.5 cm³/mol. The zero-order chi connectivity index (χ0) is 11.8. The van der Waals surface area contributed by atoms with Crippen LogP contribution < -0.4 is 5.32 Å². The Kier molecular flexibility index (Phi) is 4.21. The summed E-state index contributed by atoms with van der Waals surface area (Å²) in [5, 5.41) is 3.46. The average molecular weight is 253 g/mol. The molecular formula is C14H21ClN2. The van der Waals surface area contributed by atoms with Gasteiger partial charge < -0.3 is 5.32 Å². The summed E-state index contributed by atoms with van der Waals surface area (Å²) in [5.41, 5.74) is 4.15. The summed E-state index contributed by atoms with van der Waals surface area (Å²) in [6.45, 7) is 9.74. The van der Waals surface area contributed by atoms with Crippen LogP contribution in [0.3, 0.4) is 0 Å².